The van der Waals surface area contributed by atoms with Crippen LogP contribution >= 0.6 is 0 Å². The number of rotatable bonds is 3. The molecule has 0 aliphatic carbocycles. The van der Waals surface area contributed by atoms with E-state index in [4.69, 9.17) is 10.3 Å². The fraction of sp³-hybridized carbons (Fsp3) is 0.214. The van der Waals surface area contributed by atoms with Gasteiger partial charge in [0.15, 0.2) is 12.4 Å². The third-order valence-electron chi connectivity index (χ3n) is 4.02. The lowest BCUT2D eigenvalue weighted by atomic mass is 9.98. The van der Waals surface area contributed by atoms with Crippen molar-refractivity contribution in [1.82, 2.24) is 19.7 Å². The van der Waals surface area contributed by atoms with Crippen molar-refractivity contribution in [2.45, 2.75) is 12.1 Å². The maximum atomic E-state index is 12.1. The van der Waals surface area contributed by atoms with Crippen molar-refractivity contribution in [2.75, 3.05) is 6.54 Å². The van der Waals surface area contributed by atoms with Gasteiger partial charge in [-0.05, 0) is 0 Å². The minimum Gasteiger partial charge on any atom is -0.547 e. The predicted octanol–water partition coefficient (Wildman–Crippen LogP) is -2.37. The molecule has 2 aliphatic heterocycles. The summed E-state index contributed by atoms with van der Waals surface area (Å²) in [6.07, 6.45) is 4.80. The molecule has 1 saturated heterocycles. The Morgan fingerprint density at radius 1 is 1.31 bits per heavy atom. The Morgan fingerprint density at radius 3 is 2.41 bits per heavy atom. The molecule has 154 valence electrons. The standard InChI is InChI=1S/C9H9N5O8S.C5H5N/c10-8(17)13-1-3-4-2-12(6(7(15)16)5(3)11-13)9(18)14(4)22-23(19,20)21;1-2-4-6-5-3-1/h1,4,6H,2H2,(H2,10,17)(H,15,16)(H,19,20,21);1-5H/t4-,6+;/m1./s1. The zero-order valence-corrected chi connectivity index (χ0v) is 15.2. The van der Waals surface area contributed by atoms with E-state index in [2.05, 4.69) is 14.4 Å². The van der Waals surface area contributed by atoms with Gasteiger partial charge in [0.05, 0.1) is 18.2 Å². The number of urea groups is 1. The van der Waals surface area contributed by atoms with Gasteiger partial charge in [0, 0.05) is 23.9 Å². The van der Waals surface area contributed by atoms with E-state index in [0.717, 1.165) is 11.1 Å². The summed E-state index contributed by atoms with van der Waals surface area (Å²) in [5, 5.41) is 15.3. The zero-order chi connectivity index (χ0) is 21.3. The highest BCUT2D eigenvalue weighted by molar-refractivity contribution is 7.80. The number of amides is 3. The van der Waals surface area contributed by atoms with Crippen molar-refractivity contribution in [2.24, 2.45) is 5.73 Å². The summed E-state index contributed by atoms with van der Waals surface area (Å²) in [5.41, 5.74) is 4.86. The van der Waals surface area contributed by atoms with Crippen molar-refractivity contribution in [3.05, 3.63) is 48.0 Å². The number of fused-ring (bicyclic) bond motifs is 4. The highest BCUT2D eigenvalue weighted by Crippen LogP contribution is 2.43. The number of pyridine rings is 1. The van der Waals surface area contributed by atoms with Crippen LogP contribution in [0.1, 0.15) is 23.3 Å². The minimum absolute atomic E-state index is 0.0312. The number of aromatic nitrogens is 3. The number of aliphatic carboxylic acids is 1. The Morgan fingerprint density at radius 2 is 1.97 bits per heavy atom. The lowest BCUT2D eigenvalue weighted by Crippen LogP contribution is -2.44. The van der Waals surface area contributed by atoms with E-state index in [1.54, 1.807) is 0 Å². The molecule has 0 aromatic carbocycles. The first-order valence-electron chi connectivity index (χ1n) is 7.88. The summed E-state index contributed by atoms with van der Waals surface area (Å²) < 4.78 is 35.3. The van der Waals surface area contributed by atoms with Crippen molar-refractivity contribution in [3.63, 3.8) is 0 Å². The van der Waals surface area contributed by atoms with Gasteiger partial charge in [-0.1, -0.05) is 6.07 Å². The number of nitrogens with one attached hydrogen (secondary N) is 1. The third-order valence-corrected chi connectivity index (χ3v) is 4.37. The first kappa shape index (κ1) is 20.2. The molecule has 4 rings (SSSR count). The summed E-state index contributed by atoms with van der Waals surface area (Å²) in [7, 11) is -5.03. The third kappa shape index (κ3) is 4.00. The fourth-order valence-electron chi connectivity index (χ4n) is 2.94. The zero-order valence-electron chi connectivity index (χ0n) is 14.4. The van der Waals surface area contributed by atoms with E-state index in [-0.39, 0.29) is 22.9 Å². The predicted molar refractivity (Wildman–Crippen MR) is 87.3 cm³/mol. The Labute approximate surface area is 163 Å². The molecule has 0 saturated carbocycles. The van der Waals surface area contributed by atoms with Crippen LogP contribution in [0, 0.1) is 0 Å². The lowest BCUT2D eigenvalue weighted by Gasteiger charge is -2.29. The highest BCUT2D eigenvalue weighted by Gasteiger charge is 2.52. The van der Waals surface area contributed by atoms with Crippen molar-refractivity contribution in [3.8, 4) is 0 Å². The monoisotopic (exact) mass is 426 g/mol. The van der Waals surface area contributed by atoms with Crippen LogP contribution in [0.2, 0.25) is 0 Å². The van der Waals surface area contributed by atoms with E-state index in [1.807, 2.05) is 30.6 Å². The molecular formula is C14H14N6O8S. The van der Waals surface area contributed by atoms with Crippen molar-refractivity contribution < 1.29 is 41.7 Å². The van der Waals surface area contributed by atoms with Crippen LogP contribution in [-0.2, 0) is 19.5 Å². The van der Waals surface area contributed by atoms with E-state index < -0.39 is 40.5 Å². The molecule has 2 bridgehead atoms. The number of nitrogens with two attached hydrogens (primary N) is 1. The fourth-order valence-corrected chi connectivity index (χ4v) is 3.31. The Kier molecular flexibility index (Phi) is 5.19. The molecule has 0 radical (unpaired) electrons. The smallest absolute Gasteiger partial charge is 0.418 e. The van der Waals surface area contributed by atoms with E-state index >= 15 is 0 Å². The van der Waals surface area contributed by atoms with Gasteiger partial charge in [0.2, 0.25) is 0 Å². The second-order valence-electron chi connectivity index (χ2n) is 5.83. The van der Waals surface area contributed by atoms with E-state index in [9.17, 15) is 27.9 Å². The van der Waals surface area contributed by atoms with Crippen LogP contribution in [0.3, 0.4) is 0 Å². The number of hydrogen-bond acceptors (Lipinski definition) is 8. The average Bonchev–Trinajstić information content (AvgIpc) is 3.20. The average molecular weight is 426 g/mol. The number of carbonyl (C=O) groups is 3. The molecule has 0 spiro atoms. The van der Waals surface area contributed by atoms with Gasteiger partial charge in [-0.15, -0.1) is 4.28 Å². The van der Waals surface area contributed by atoms with Crippen molar-refractivity contribution in [1.29, 1.82) is 0 Å². The lowest BCUT2D eigenvalue weighted by molar-refractivity contribution is -0.378. The van der Waals surface area contributed by atoms with Gasteiger partial charge in [-0.25, -0.2) is 14.6 Å². The highest BCUT2D eigenvalue weighted by atomic mass is 32.3. The number of H-pyrrole nitrogens is 1. The molecule has 2 aromatic rings. The van der Waals surface area contributed by atoms with Gasteiger partial charge >= 0.3 is 22.5 Å². The van der Waals surface area contributed by atoms with Crippen LogP contribution in [-0.4, -0.2) is 57.3 Å². The molecule has 15 heteroatoms. The molecule has 2 aromatic heterocycles. The topological polar surface area (TPSA) is 202 Å². The van der Waals surface area contributed by atoms with Gasteiger partial charge in [-0.2, -0.15) is 23.3 Å². The number of aromatic amines is 1. The number of carbonyl (C=O) groups excluding carboxylic acids is 3. The van der Waals surface area contributed by atoms with Crippen LogP contribution in [0.15, 0.2) is 36.8 Å². The van der Waals surface area contributed by atoms with E-state index in [1.165, 1.54) is 0 Å². The number of carboxylic acids is 1. The summed E-state index contributed by atoms with van der Waals surface area (Å²) in [6.45, 7) is -0.273. The molecule has 3 amide bonds. The number of primary amides is 1. The Balaban J connectivity index is 0.000000343. The maximum Gasteiger partial charge on any atom is 0.418 e. The van der Waals surface area contributed by atoms with Crippen LogP contribution < -0.4 is 15.8 Å². The summed E-state index contributed by atoms with van der Waals surface area (Å²) in [4.78, 5) is 38.2. The summed E-state index contributed by atoms with van der Waals surface area (Å²) >= 11 is 0. The van der Waals surface area contributed by atoms with Crippen LogP contribution in [0.4, 0.5) is 9.59 Å². The summed E-state index contributed by atoms with van der Waals surface area (Å²) in [5.74, 6) is -1.69. The number of nitrogens with zero attached hydrogens (tertiary/aromatic N) is 4. The largest absolute Gasteiger partial charge is 0.547 e. The van der Waals surface area contributed by atoms with Gasteiger partial charge < -0.3 is 20.5 Å². The molecule has 29 heavy (non-hydrogen) atoms. The Hall–Kier alpha value is -3.56. The molecule has 0 unspecified atom stereocenters. The summed E-state index contributed by atoms with van der Waals surface area (Å²) in [6, 6.07) is 0.949. The molecule has 2 aliphatic rings. The molecule has 4 N–H and O–H groups in total. The van der Waals surface area contributed by atoms with Gasteiger partial charge in [0.1, 0.15) is 12.1 Å². The molecule has 1 fully saturated rings. The van der Waals surface area contributed by atoms with Gasteiger partial charge in [0.25, 0.3) is 0 Å². The molecule has 14 nitrogen and oxygen atoms in total. The SMILES string of the molecule is NC(=O)n1cc2c(n1)[C@@H](C(=O)[O-])N1C[C@H]2N(OS(=O)(=O)O)C1=O.c1cc[nH+]cc1. The van der Waals surface area contributed by atoms with Crippen LogP contribution in [0.25, 0.3) is 0 Å². The maximum absolute atomic E-state index is 12.1. The van der Waals surface area contributed by atoms with Gasteiger partial charge in [-0.3, -0.25) is 4.55 Å². The number of carboxylic acid groups (broad SMARTS) is 1. The Bertz CT molecular complexity index is 1030. The van der Waals surface area contributed by atoms with Crippen molar-refractivity contribution >= 4 is 28.4 Å². The first-order chi connectivity index (χ1) is 13.6. The first-order valence-corrected chi connectivity index (χ1v) is 9.24. The molecule has 4 heterocycles. The number of hydroxylamine groups is 2. The molecule has 2 atom stereocenters. The number of hydrogen-bond donors (Lipinski definition) is 2. The molecular weight excluding hydrogens is 412 g/mol. The second kappa shape index (κ2) is 7.46. The van der Waals surface area contributed by atoms with Crippen LogP contribution in [0.5, 0.6) is 0 Å². The van der Waals surface area contributed by atoms with E-state index in [0.29, 0.717) is 4.68 Å². The normalized spacial score (nSPS) is 20.0. The minimum atomic E-state index is -5.03. The second-order valence-corrected chi connectivity index (χ2v) is 6.83. The quantitative estimate of drug-likeness (QED) is 0.503.